The summed E-state index contributed by atoms with van der Waals surface area (Å²) < 4.78 is 42.8. The lowest BCUT2D eigenvalue weighted by Crippen LogP contribution is -2.12. The van der Waals surface area contributed by atoms with Crippen LogP contribution < -0.4 is 16.2 Å². The summed E-state index contributed by atoms with van der Waals surface area (Å²) in [7, 11) is 0. The molecule has 1 heterocycles. The summed E-state index contributed by atoms with van der Waals surface area (Å²) in [5, 5.41) is 3.79. The van der Waals surface area contributed by atoms with Crippen molar-refractivity contribution in [3.63, 3.8) is 0 Å². The minimum absolute atomic E-state index is 0.0509. The molecule has 9 heteroatoms. The van der Waals surface area contributed by atoms with Gasteiger partial charge in [0.15, 0.2) is 11.6 Å². The van der Waals surface area contributed by atoms with Gasteiger partial charge in [-0.05, 0) is 6.07 Å². The second kappa shape index (κ2) is 5.11. The number of amides is 1. The van der Waals surface area contributed by atoms with Gasteiger partial charge < -0.3 is 16.2 Å². The van der Waals surface area contributed by atoms with Gasteiger partial charge in [0.05, 0.1) is 11.4 Å². The molecule has 0 radical (unpaired) electrons. The fourth-order valence-electron chi connectivity index (χ4n) is 1.53. The van der Waals surface area contributed by atoms with Gasteiger partial charge in [0.25, 0.3) is 5.91 Å². The molecule has 0 aliphatic heterocycles. The number of nitrogen functional groups attached to an aromatic ring is 1. The second-order valence-electron chi connectivity index (χ2n) is 3.73. The molecule has 6 nitrogen and oxygen atoms in total. The van der Waals surface area contributed by atoms with Crippen molar-refractivity contribution in [1.82, 2.24) is 9.78 Å². The van der Waals surface area contributed by atoms with E-state index in [9.17, 15) is 18.0 Å². The molecule has 20 heavy (non-hydrogen) atoms. The van der Waals surface area contributed by atoms with Crippen molar-refractivity contribution < 1.29 is 22.7 Å². The van der Waals surface area contributed by atoms with E-state index in [2.05, 4.69) is 9.84 Å². The third-order valence-electron chi connectivity index (χ3n) is 2.39. The van der Waals surface area contributed by atoms with E-state index >= 15 is 0 Å². The summed E-state index contributed by atoms with van der Waals surface area (Å²) >= 11 is 0. The summed E-state index contributed by atoms with van der Waals surface area (Å²) in [6.45, 7) is -3.18. The van der Waals surface area contributed by atoms with E-state index in [0.717, 1.165) is 16.8 Å². The Labute approximate surface area is 110 Å². The molecule has 1 aromatic carbocycles. The van der Waals surface area contributed by atoms with Gasteiger partial charge in [-0.25, -0.2) is 9.07 Å². The molecule has 0 fully saturated rings. The van der Waals surface area contributed by atoms with Crippen LogP contribution in [0, 0.1) is 5.82 Å². The molecule has 2 rings (SSSR count). The maximum Gasteiger partial charge on any atom is 0.387 e. The number of halogens is 3. The Hall–Kier alpha value is -2.71. The highest BCUT2D eigenvalue weighted by molar-refractivity contribution is 5.90. The number of carbonyl (C=O) groups excluding carboxylic acids is 1. The number of alkyl halides is 2. The van der Waals surface area contributed by atoms with E-state index < -0.39 is 24.1 Å². The van der Waals surface area contributed by atoms with Crippen LogP contribution in [0.1, 0.15) is 10.5 Å². The molecule has 0 saturated carbocycles. The van der Waals surface area contributed by atoms with Crippen LogP contribution in [0.25, 0.3) is 5.69 Å². The van der Waals surface area contributed by atoms with E-state index in [1.54, 1.807) is 0 Å². The number of primary amides is 1. The number of anilines is 1. The molecule has 4 N–H and O–H groups in total. The van der Waals surface area contributed by atoms with E-state index in [1.165, 1.54) is 12.3 Å². The lowest BCUT2D eigenvalue weighted by molar-refractivity contribution is -0.0521. The zero-order valence-corrected chi connectivity index (χ0v) is 9.89. The molecule has 1 aromatic heterocycles. The molecule has 2 aromatic rings. The summed E-state index contributed by atoms with van der Waals surface area (Å²) in [6, 6.07) is 3.08. The smallest absolute Gasteiger partial charge is 0.387 e. The third kappa shape index (κ3) is 2.66. The molecular formula is C11H9F3N4O2. The van der Waals surface area contributed by atoms with Crippen molar-refractivity contribution >= 4 is 11.6 Å². The Balaban J connectivity index is 2.46. The number of ether oxygens (including phenoxy) is 1. The van der Waals surface area contributed by atoms with Gasteiger partial charge in [-0.1, -0.05) is 0 Å². The van der Waals surface area contributed by atoms with Crippen LogP contribution in [0.3, 0.4) is 0 Å². The summed E-state index contributed by atoms with van der Waals surface area (Å²) in [6.07, 6.45) is 1.33. The largest absolute Gasteiger partial charge is 0.432 e. The first kappa shape index (κ1) is 13.7. The number of benzene rings is 1. The summed E-state index contributed by atoms with van der Waals surface area (Å²) in [5.41, 5.74) is 10.6. The first-order valence-electron chi connectivity index (χ1n) is 5.28. The number of hydrogen-bond donors (Lipinski definition) is 2. The van der Waals surface area contributed by atoms with E-state index in [0.29, 0.717) is 0 Å². The van der Waals surface area contributed by atoms with Crippen molar-refractivity contribution in [2.24, 2.45) is 5.73 Å². The SMILES string of the molecule is NC(=O)c1ccn(-c2cc(OC(F)F)c(F)cc2N)n1. The maximum atomic E-state index is 13.4. The van der Waals surface area contributed by atoms with Crippen molar-refractivity contribution in [2.45, 2.75) is 6.61 Å². The highest BCUT2D eigenvalue weighted by Gasteiger charge is 2.15. The van der Waals surface area contributed by atoms with Gasteiger partial charge in [0, 0.05) is 18.3 Å². The number of hydrogen-bond acceptors (Lipinski definition) is 4. The average Bonchev–Trinajstić information content (AvgIpc) is 2.81. The first-order chi connectivity index (χ1) is 9.38. The third-order valence-corrected chi connectivity index (χ3v) is 2.39. The fourth-order valence-corrected chi connectivity index (χ4v) is 1.53. The maximum absolute atomic E-state index is 13.4. The molecule has 0 bridgehead atoms. The molecule has 0 aliphatic carbocycles. The molecule has 0 saturated heterocycles. The molecule has 0 spiro atoms. The molecule has 1 amide bonds. The van der Waals surface area contributed by atoms with Crippen LogP contribution in [-0.4, -0.2) is 22.3 Å². The van der Waals surface area contributed by atoms with E-state index in [1.807, 2.05) is 0 Å². The van der Waals surface area contributed by atoms with Gasteiger partial charge >= 0.3 is 6.61 Å². The fraction of sp³-hybridized carbons (Fsp3) is 0.0909. The molecular weight excluding hydrogens is 277 g/mol. The Morgan fingerprint density at radius 3 is 2.65 bits per heavy atom. The van der Waals surface area contributed by atoms with Gasteiger partial charge in [-0.2, -0.15) is 13.9 Å². The lowest BCUT2D eigenvalue weighted by atomic mass is 10.2. The van der Waals surface area contributed by atoms with Crippen LogP contribution in [0.4, 0.5) is 18.9 Å². The Bertz CT molecular complexity index is 657. The lowest BCUT2D eigenvalue weighted by Gasteiger charge is -2.10. The quantitative estimate of drug-likeness (QED) is 0.828. The number of nitrogens with zero attached hydrogens (tertiary/aromatic N) is 2. The van der Waals surface area contributed by atoms with Crippen LogP contribution >= 0.6 is 0 Å². The number of nitrogens with two attached hydrogens (primary N) is 2. The van der Waals surface area contributed by atoms with Crippen molar-refractivity contribution in [2.75, 3.05) is 5.73 Å². The standard InChI is InChI=1S/C11H9F3N4O2/c12-5-3-6(15)8(4-9(5)20-11(13)14)18-2-1-7(17-18)10(16)19/h1-4,11H,15H2,(H2,16,19). The highest BCUT2D eigenvalue weighted by Crippen LogP contribution is 2.28. The van der Waals surface area contributed by atoms with Gasteiger partial charge in [0.2, 0.25) is 0 Å². The van der Waals surface area contributed by atoms with Crippen molar-refractivity contribution in [3.8, 4) is 11.4 Å². The zero-order valence-electron chi connectivity index (χ0n) is 9.89. The van der Waals surface area contributed by atoms with E-state index in [4.69, 9.17) is 11.5 Å². The van der Waals surface area contributed by atoms with Crippen LogP contribution in [-0.2, 0) is 0 Å². The Morgan fingerprint density at radius 2 is 2.10 bits per heavy atom. The second-order valence-corrected chi connectivity index (χ2v) is 3.73. The minimum atomic E-state index is -3.18. The first-order valence-corrected chi connectivity index (χ1v) is 5.28. The van der Waals surface area contributed by atoms with Crippen molar-refractivity contribution in [1.29, 1.82) is 0 Å². The van der Waals surface area contributed by atoms with Gasteiger partial charge in [0.1, 0.15) is 5.69 Å². The predicted octanol–water partition coefficient (Wildman–Crippen LogP) is 1.29. The molecule has 0 atom stereocenters. The topological polar surface area (TPSA) is 96.2 Å². The normalized spacial score (nSPS) is 10.8. The number of rotatable bonds is 4. The average molecular weight is 286 g/mol. The molecule has 0 aliphatic rings. The van der Waals surface area contributed by atoms with Crippen LogP contribution in [0.15, 0.2) is 24.4 Å². The summed E-state index contributed by atoms with van der Waals surface area (Å²) in [5.74, 6) is -2.48. The summed E-state index contributed by atoms with van der Waals surface area (Å²) in [4.78, 5) is 10.9. The predicted molar refractivity (Wildman–Crippen MR) is 63.1 cm³/mol. The Kier molecular flexibility index (Phi) is 3.51. The van der Waals surface area contributed by atoms with Crippen molar-refractivity contribution in [3.05, 3.63) is 35.9 Å². The molecule has 106 valence electrons. The minimum Gasteiger partial charge on any atom is -0.432 e. The Morgan fingerprint density at radius 1 is 1.40 bits per heavy atom. The highest BCUT2D eigenvalue weighted by atomic mass is 19.3. The van der Waals surface area contributed by atoms with Gasteiger partial charge in [-0.3, -0.25) is 4.79 Å². The number of aromatic nitrogens is 2. The van der Waals surface area contributed by atoms with Crippen LogP contribution in [0.2, 0.25) is 0 Å². The van der Waals surface area contributed by atoms with E-state index in [-0.39, 0.29) is 17.1 Å². The number of carbonyl (C=O) groups is 1. The monoisotopic (exact) mass is 286 g/mol. The van der Waals surface area contributed by atoms with Crippen LogP contribution in [0.5, 0.6) is 5.75 Å². The molecule has 0 unspecified atom stereocenters. The van der Waals surface area contributed by atoms with Gasteiger partial charge in [-0.15, -0.1) is 0 Å². The zero-order chi connectivity index (χ0) is 14.9.